The molecule has 0 aromatic rings. The second-order valence-electron chi connectivity index (χ2n) is 4.49. The molecule has 0 aromatic carbocycles. The third-order valence-electron chi connectivity index (χ3n) is 3.94. The van der Waals surface area contributed by atoms with E-state index in [1.54, 1.807) is 0 Å². The average molecular weight is 162 g/mol. The van der Waals surface area contributed by atoms with Crippen LogP contribution in [-0.2, 0) is 4.79 Å². The molecule has 0 radical (unpaired) electrons. The van der Waals surface area contributed by atoms with Gasteiger partial charge in [0, 0.05) is 11.8 Å². The van der Waals surface area contributed by atoms with E-state index in [0.717, 1.165) is 12.8 Å². The van der Waals surface area contributed by atoms with Crippen LogP contribution in [0.1, 0.15) is 25.7 Å². The fraction of sp³-hybridized carbons (Fsp3) is 0.727. The number of carbonyl (C=O) groups excluding carboxylic acids is 1. The molecule has 0 spiro atoms. The molecule has 1 nitrogen and oxygen atoms in total. The van der Waals surface area contributed by atoms with Gasteiger partial charge in [-0.05, 0) is 31.1 Å². The first kappa shape index (κ1) is 6.88. The molecule has 4 bridgehead atoms. The van der Waals surface area contributed by atoms with E-state index in [9.17, 15) is 4.79 Å². The first-order valence-electron chi connectivity index (χ1n) is 5.08. The predicted molar refractivity (Wildman–Crippen MR) is 46.6 cm³/mol. The SMILES string of the molecule is O=C1[C@H]2CCC[C@@H]1[C@H]1C=C[C@@H]2C1. The fourth-order valence-corrected chi connectivity index (χ4v) is 3.32. The van der Waals surface area contributed by atoms with Gasteiger partial charge in [0.15, 0.2) is 0 Å². The maximum atomic E-state index is 11.8. The summed E-state index contributed by atoms with van der Waals surface area (Å²) in [6.45, 7) is 0. The molecular weight excluding hydrogens is 148 g/mol. The van der Waals surface area contributed by atoms with E-state index in [4.69, 9.17) is 0 Å². The van der Waals surface area contributed by atoms with Gasteiger partial charge in [-0.25, -0.2) is 0 Å². The van der Waals surface area contributed by atoms with Crippen molar-refractivity contribution < 1.29 is 4.79 Å². The molecule has 0 aromatic heterocycles. The van der Waals surface area contributed by atoms with Crippen LogP contribution in [0, 0.1) is 23.7 Å². The van der Waals surface area contributed by atoms with Crippen LogP contribution in [0.25, 0.3) is 0 Å². The third-order valence-corrected chi connectivity index (χ3v) is 3.94. The van der Waals surface area contributed by atoms with Gasteiger partial charge in [0.1, 0.15) is 5.78 Å². The van der Waals surface area contributed by atoms with Crippen molar-refractivity contribution in [2.24, 2.45) is 23.7 Å². The van der Waals surface area contributed by atoms with Crippen LogP contribution >= 0.6 is 0 Å². The summed E-state index contributed by atoms with van der Waals surface area (Å²) >= 11 is 0. The van der Waals surface area contributed by atoms with Crippen molar-refractivity contribution in [3.8, 4) is 0 Å². The van der Waals surface area contributed by atoms with Crippen molar-refractivity contribution >= 4 is 5.78 Å². The standard InChI is InChI=1S/C11H14O/c12-11-9-2-1-3-10(11)8-5-4-7(9)6-8/h4-5,7-10H,1-3,6H2/t7-,8+,9+,10-. The van der Waals surface area contributed by atoms with Crippen molar-refractivity contribution in [3.05, 3.63) is 12.2 Å². The van der Waals surface area contributed by atoms with Crippen molar-refractivity contribution in [3.63, 3.8) is 0 Å². The predicted octanol–water partition coefficient (Wildman–Crippen LogP) is 2.18. The quantitative estimate of drug-likeness (QED) is 0.499. The molecule has 3 aliphatic rings. The summed E-state index contributed by atoms with van der Waals surface area (Å²) in [7, 11) is 0. The second-order valence-corrected chi connectivity index (χ2v) is 4.49. The minimum atomic E-state index is 0.416. The lowest BCUT2D eigenvalue weighted by Crippen LogP contribution is -2.39. The Kier molecular flexibility index (Phi) is 1.27. The van der Waals surface area contributed by atoms with Crippen LogP contribution in [-0.4, -0.2) is 5.78 Å². The Morgan fingerprint density at radius 1 is 1.08 bits per heavy atom. The maximum absolute atomic E-state index is 11.8. The van der Waals surface area contributed by atoms with Gasteiger partial charge in [-0.1, -0.05) is 18.6 Å². The Morgan fingerprint density at radius 2 is 1.67 bits per heavy atom. The first-order valence-corrected chi connectivity index (χ1v) is 5.08. The maximum Gasteiger partial charge on any atom is 0.140 e. The van der Waals surface area contributed by atoms with Crippen LogP contribution in [0.4, 0.5) is 0 Å². The van der Waals surface area contributed by atoms with Crippen LogP contribution < -0.4 is 0 Å². The topological polar surface area (TPSA) is 17.1 Å². The number of ketones is 1. The lowest BCUT2D eigenvalue weighted by molar-refractivity contribution is -0.134. The molecule has 0 unspecified atom stereocenters. The van der Waals surface area contributed by atoms with Crippen LogP contribution in [0.2, 0.25) is 0 Å². The van der Waals surface area contributed by atoms with E-state index in [-0.39, 0.29) is 0 Å². The van der Waals surface area contributed by atoms with E-state index >= 15 is 0 Å². The molecule has 2 saturated carbocycles. The van der Waals surface area contributed by atoms with Gasteiger partial charge >= 0.3 is 0 Å². The van der Waals surface area contributed by atoms with E-state index in [0.29, 0.717) is 29.5 Å². The monoisotopic (exact) mass is 162 g/mol. The average Bonchev–Trinajstić information content (AvgIpc) is 2.47. The summed E-state index contributed by atoms with van der Waals surface area (Å²) in [5, 5.41) is 0. The van der Waals surface area contributed by atoms with Crippen molar-refractivity contribution in [2.75, 3.05) is 0 Å². The number of allylic oxidation sites excluding steroid dienone is 2. The summed E-state index contributed by atoms with van der Waals surface area (Å²) in [5.74, 6) is 2.67. The molecule has 0 heterocycles. The van der Waals surface area contributed by atoms with E-state index < -0.39 is 0 Å². The molecule has 0 N–H and O–H groups in total. The van der Waals surface area contributed by atoms with E-state index in [1.807, 2.05) is 0 Å². The highest BCUT2D eigenvalue weighted by atomic mass is 16.1. The summed E-state index contributed by atoms with van der Waals surface area (Å²) in [4.78, 5) is 11.8. The molecule has 64 valence electrons. The number of carbonyl (C=O) groups is 1. The Balaban J connectivity index is 2.02. The largest absolute Gasteiger partial charge is 0.299 e. The molecule has 3 aliphatic carbocycles. The fourth-order valence-electron chi connectivity index (χ4n) is 3.32. The highest BCUT2D eigenvalue weighted by Gasteiger charge is 2.46. The lowest BCUT2D eigenvalue weighted by atomic mass is 9.65. The Hall–Kier alpha value is -0.590. The number of Topliss-reactive ketones (excluding diaryl/α,β-unsaturated/α-hetero) is 1. The molecule has 1 heteroatoms. The van der Waals surface area contributed by atoms with Crippen molar-refractivity contribution in [1.29, 1.82) is 0 Å². The number of hydrogen-bond donors (Lipinski definition) is 0. The van der Waals surface area contributed by atoms with E-state index in [1.165, 1.54) is 12.8 Å². The molecule has 0 saturated heterocycles. The number of rotatable bonds is 0. The Bertz CT molecular complexity index is 232. The summed E-state index contributed by atoms with van der Waals surface area (Å²) in [6.07, 6.45) is 9.50. The van der Waals surface area contributed by atoms with E-state index in [2.05, 4.69) is 12.2 Å². The lowest BCUT2D eigenvalue weighted by Gasteiger charge is -2.38. The molecule has 4 atom stereocenters. The number of hydrogen-bond acceptors (Lipinski definition) is 1. The van der Waals surface area contributed by atoms with Crippen LogP contribution in [0.15, 0.2) is 12.2 Å². The molecule has 2 fully saturated rings. The molecule has 3 rings (SSSR count). The third kappa shape index (κ3) is 0.720. The minimum Gasteiger partial charge on any atom is -0.299 e. The van der Waals surface area contributed by atoms with Crippen LogP contribution in [0.5, 0.6) is 0 Å². The first-order chi connectivity index (χ1) is 5.86. The zero-order valence-corrected chi connectivity index (χ0v) is 7.20. The second kappa shape index (κ2) is 2.21. The highest BCUT2D eigenvalue weighted by molar-refractivity contribution is 5.86. The molecular formula is C11H14O. The summed E-state index contributed by atoms with van der Waals surface area (Å²) < 4.78 is 0. The summed E-state index contributed by atoms with van der Waals surface area (Å²) in [5.41, 5.74) is 0. The van der Waals surface area contributed by atoms with Gasteiger partial charge in [-0.2, -0.15) is 0 Å². The minimum absolute atomic E-state index is 0.416. The number of fused-ring (bicyclic) bond motifs is 6. The van der Waals surface area contributed by atoms with Crippen molar-refractivity contribution in [2.45, 2.75) is 25.7 Å². The zero-order chi connectivity index (χ0) is 8.13. The van der Waals surface area contributed by atoms with Gasteiger partial charge in [0.2, 0.25) is 0 Å². The normalized spacial score (nSPS) is 49.8. The molecule has 0 amide bonds. The smallest absolute Gasteiger partial charge is 0.140 e. The van der Waals surface area contributed by atoms with Gasteiger partial charge in [-0.15, -0.1) is 0 Å². The van der Waals surface area contributed by atoms with Gasteiger partial charge in [0.05, 0.1) is 0 Å². The Morgan fingerprint density at radius 3 is 2.25 bits per heavy atom. The van der Waals surface area contributed by atoms with Gasteiger partial charge in [0.25, 0.3) is 0 Å². The highest BCUT2D eigenvalue weighted by Crippen LogP contribution is 2.48. The van der Waals surface area contributed by atoms with Gasteiger partial charge in [-0.3, -0.25) is 4.79 Å². The molecule has 12 heavy (non-hydrogen) atoms. The van der Waals surface area contributed by atoms with Gasteiger partial charge < -0.3 is 0 Å². The molecule has 0 aliphatic heterocycles. The van der Waals surface area contributed by atoms with Crippen LogP contribution in [0.3, 0.4) is 0 Å². The Labute approximate surface area is 72.8 Å². The zero-order valence-electron chi connectivity index (χ0n) is 7.20. The summed E-state index contributed by atoms with van der Waals surface area (Å²) in [6, 6.07) is 0. The van der Waals surface area contributed by atoms with Crippen molar-refractivity contribution in [1.82, 2.24) is 0 Å².